The highest BCUT2D eigenvalue weighted by Gasteiger charge is 2.38. The van der Waals surface area contributed by atoms with Crippen LogP contribution in [0.2, 0.25) is 0 Å². The largest absolute Gasteiger partial charge is 0.0670 e. The maximum atomic E-state index is 2.47. The molecule has 4 atom stereocenters. The van der Waals surface area contributed by atoms with Crippen LogP contribution >= 0.6 is 0 Å². The molecule has 2 aliphatic rings. The molecule has 2 rings (SSSR count). The van der Waals surface area contributed by atoms with E-state index in [-0.39, 0.29) is 0 Å². The molecule has 116 valence electrons. The molecule has 0 saturated carbocycles. The van der Waals surface area contributed by atoms with Crippen LogP contribution in [0.4, 0.5) is 0 Å². The summed E-state index contributed by atoms with van der Waals surface area (Å²) in [6.07, 6.45) is 11.6. The highest BCUT2D eigenvalue weighted by Crippen LogP contribution is 2.52. The molecular formula is C20H36. The summed E-state index contributed by atoms with van der Waals surface area (Å²) in [6, 6.07) is 0. The van der Waals surface area contributed by atoms with Gasteiger partial charge in [0.2, 0.25) is 0 Å². The van der Waals surface area contributed by atoms with Crippen LogP contribution in [0.1, 0.15) is 86.0 Å². The maximum Gasteiger partial charge on any atom is -0.0160 e. The molecule has 20 heavy (non-hydrogen) atoms. The lowest BCUT2D eigenvalue weighted by Crippen LogP contribution is -2.32. The second kappa shape index (κ2) is 7.14. The Bertz CT molecular complexity index is 336. The minimum Gasteiger partial charge on any atom is -0.0670 e. The SMILES string of the molecule is CCCCC1CCC(C)C2=C1C(CCC(C)C(C)C)C2. The van der Waals surface area contributed by atoms with E-state index < -0.39 is 0 Å². The van der Waals surface area contributed by atoms with Crippen molar-refractivity contribution in [2.75, 3.05) is 0 Å². The van der Waals surface area contributed by atoms with Gasteiger partial charge in [0.25, 0.3) is 0 Å². The van der Waals surface area contributed by atoms with Crippen molar-refractivity contribution >= 4 is 0 Å². The van der Waals surface area contributed by atoms with Crippen molar-refractivity contribution in [3.05, 3.63) is 11.1 Å². The second-order valence-corrected chi connectivity index (χ2v) is 8.00. The van der Waals surface area contributed by atoms with E-state index in [2.05, 4.69) is 34.6 Å². The molecule has 0 amide bonds. The summed E-state index contributed by atoms with van der Waals surface area (Å²) in [5.74, 6) is 4.59. The van der Waals surface area contributed by atoms with Gasteiger partial charge in [-0.15, -0.1) is 0 Å². The molecule has 0 heterocycles. The first-order valence-electron chi connectivity index (χ1n) is 9.27. The summed E-state index contributed by atoms with van der Waals surface area (Å²) >= 11 is 0. The zero-order chi connectivity index (χ0) is 14.7. The van der Waals surface area contributed by atoms with E-state index in [0.717, 1.165) is 29.6 Å². The van der Waals surface area contributed by atoms with Crippen LogP contribution in [-0.2, 0) is 0 Å². The molecule has 0 nitrogen and oxygen atoms in total. The van der Waals surface area contributed by atoms with E-state index in [1.54, 1.807) is 0 Å². The molecule has 2 aliphatic carbocycles. The van der Waals surface area contributed by atoms with Gasteiger partial charge in [-0.2, -0.15) is 0 Å². The average Bonchev–Trinajstić information content (AvgIpc) is 2.38. The highest BCUT2D eigenvalue weighted by molar-refractivity contribution is 5.34. The molecule has 0 radical (unpaired) electrons. The third-order valence-corrected chi connectivity index (χ3v) is 6.27. The van der Waals surface area contributed by atoms with Crippen LogP contribution in [0.15, 0.2) is 11.1 Å². The van der Waals surface area contributed by atoms with E-state index in [1.807, 2.05) is 11.1 Å². The van der Waals surface area contributed by atoms with Gasteiger partial charge in [-0.25, -0.2) is 0 Å². The van der Waals surface area contributed by atoms with Gasteiger partial charge >= 0.3 is 0 Å². The first-order valence-corrected chi connectivity index (χ1v) is 9.27. The number of hydrogen-bond donors (Lipinski definition) is 0. The second-order valence-electron chi connectivity index (χ2n) is 8.00. The highest BCUT2D eigenvalue weighted by atomic mass is 14.4. The van der Waals surface area contributed by atoms with E-state index in [0.29, 0.717) is 0 Å². The quantitative estimate of drug-likeness (QED) is 0.459. The standard InChI is InChI=1S/C20H36/c1-6-7-8-17-11-10-16(5)19-13-18(20(17)19)12-9-15(4)14(2)3/h14-18H,6-13H2,1-5H3. The van der Waals surface area contributed by atoms with E-state index in [1.165, 1.54) is 51.4 Å². The van der Waals surface area contributed by atoms with Gasteiger partial charge in [0.05, 0.1) is 0 Å². The normalized spacial score (nSPS) is 31.2. The number of unbranched alkanes of at least 4 members (excludes halogenated alkanes) is 1. The summed E-state index contributed by atoms with van der Waals surface area (Å²) in [5, 5.41) is 0. The van der Waals surface area contributed by atoms with Crippen molar-refractivity contribution in [1.29, 1.82) is 0 Å². The van der Waals surface area contributed by atoms with E-state index >= 15 is 0 Å². The Morgan fingerprint density at radius 3 is 2.45 bits per heavy atom. The molecule has 0 bridgehead atoms. The molecule has 0 fully saturated rings. The van der Waals surface area contributed by atoms with Crippen molar-refractivity contribution < 1.29 is 0 Å². The predicted octanol–water partition coefficient (Wildman–Crippen LogP) is 6.61. The van der Waals surface area contributed by atoms with Crippen LogP contribution in [0.25, 0.3) is 0 Å². The van der Waals surface area contributed by atoms with Gasteiger partial charge < -0.3 is 0 Å². The smallest absolute Gasteiger partial charge is 0.0160 e. The summed E-state index contributed by atoms with van der Waals surface area (Å²) < 4.78 is 0. The van der Waals surface area contributed by atoms with E-state index in [4.69, 9.17) is 0 Å². The molecule has 4 unspecified atom stereocenters. The average molecular weight is 277 g/mol. The minimum absolute atomic E-state index is 0.852. The Morgan fingerprint density at radius 2 is 1.80 bits per heavy atom. The van der Waals surface area contributed by atoms with E-state index in [9.17, 15) is 0 Å². The van der Waals surface area contributed by atoms with Crippen molar-refractivity contribution in [3.63, 3.8) is 0 Å². The lowest BCUT2D eigenvalue weighted by Gasteiger charge is -2.46. The summed E-state index contributed by atoms with van der Waals surface area (Å²) in [5.41, 5.74) is 3.84. The fourth-order valence-corrected chi connectivity index (χ4v) is 4.29. The number of rotatable bonds is 7. The van der Waals surface area contributed by atoms with Crippen LogP contribution in [0.3, 0.4) is 0 Å². The molecule has 0 aromatic carbocycles. The van der Waals surface area contributed by atoms with Gasteiger partial charge in [0.15, 0.2) is 0 Å². The minimum atomic E-state index is 0.852. The van der Waals surface area contributed by atoms with Gasteiger partial charge in [0.1, 0.15) is 0 Å². The lowest BCUT2D eigenvalue weighted by atomic mass is 9.60. The Labute approximate surface area is 127 Å². The van der Waals surface area contributed by atoms with Crippen LogP contribution in [-0.4, -0.2) is 0 Å². The topological polar surface area (TPSA) is 0 Å². The first-order chi connectivity index (χ1) is 9.54. The van der Waals surface area contributed by atoms with Crippen LogP contribution in [0.5, 0.6) is 0 Å². The molecule has 0 aromatic rings. The van der Waals surface area contributed by atoms with Gasteiger partial charge in [0, 0.05) is 0 Å². The zero-order valence-electron chi connectivity index (χ0n) is 14.5. The Hall–Kier alpha value is -0.260. The summed E-state index contributed by atoms with van der Waals surface area (Å²) in [6.45, 7) is 12.0. The van der Waals surface area contributed by atoms with Gasteiger partial charge in [-0.05, 0) is 68.1 Å². The summed E-state index contributed by atoms with van der Waals surface area (Å²) in [4.78, 5) is 0. The monoisotopic (exact) mass is 276 g/mol. The van der Waals surface area contributed by atoms with Gasteiger partial charge in [-0.3, -0.25) is 0 Å². The predicted molar refractivity (Wildman–Crippen MR) is 89.8 cm³/mol. The third kappa shape index (κ3) is 3.49. The zero-order valence-corrected chi connectivity index (χ0v) is 14.5. The summed E-state index contributed by atoms with van der Waals surface area (Å²) in [7, 11) is 0. The Kier molecular flexibility index (Phi) is 5.75. The molecule has 0 saturated heterocycles. The molecule has 0 aliphatic heterocycles. The molecule has 0 heteroatoms. The Balaban J connectivity index is 1.93. The third-order valence-electron chi connectivity index (χ3n) is 6.27. The maximum absolute atomic E-state index is 2.47. The number of hydrogen-bond acceptors (Lipinski definition) is 0. The Morgan fingerprint density at radius 1 is 1.05 bits per heavy atom. The molecule has 0 N–H and O–H groups in total. The first kappa shape index (κ1) is 16.1. The molecule has 0 spiro atoms. The lowest BCUT2D eigenvalue weighted by molar-refractivity contribution is 0.271. The fraction of sp³-hybridized carbons (Fsp3) is 0.900. The van der Waals surface area contributed by atoms with Crippen LogP contribution < -0.4 is 0 Å². The van der Waals surface area contributed by atoms with Crippen molar-refractivity contribution in [2.24, 2.45) is 29.6 Å². The van der Waals surface area contributed by atoms with Crippen molar-refractivity contribution in [2.45, 2.75) is 86.0 Å². The number of allylic oxidation sites excluding steroid dienone is 2. The fourth-order valence-electron chi connectivity index (χ4n) is 4.29. The van der Waals surface area contributed by atoms with Crippen molar-refractivity contribution in [3.8, 4) is 0 Å². The van der Waals surface area contributed by atoms with Crippen LogP contribution in [0, 0.1) is 29.6 Å². The molecular weight excluding hydrogens is 240 g/mol. The molecule has 0 aromatic heterocycles. The van der Waals surface area contributed by atoms with Gasteiger partial charge in [-0.1, -0.05) is 58.6 Å². The van der Waals surface area contributed by atoms with Crippen molar-refractivity contribution in [1.82, 2.24) is 0 Å².